The van der Waals surface area contributed by atoms with E-state index in [0.717, 1.165) is 11.1 Å². The second-order valence-electron chi connectivity index (χ2n) is 5.86. The SMILES string of the molecule is C=C/C=C(\C=C)SC(=NC(C)(C)C)Nc1cc(C(=O)OC)ncc1F.[HH]. The highest BCUT2D eigenvalue weighted by Gasteiger charge is 2.16. The molecule has 0 atom stereocenters. The minimum Gasteiger partial charge on any atom is -0.464 e. The quantitative estimate of drug-likeness (QED) is 0.351. The Kier molecular flexibility index (Phi) is 7.57. The number of esters is 1. The second-order valence-corrected chi connectivity index (χ2v) is 6.93. The molecule has 7 heteroatoms. The van der Waals surface area contributed by atoms with Crippen molar-refractivity contribution in [3.8, 4) is 0 Å². The number of hydrogen-bond donors (Lipinski definition) is 1. The van der Waals surface area contributed by atoms with Gasteiger partial charge in [-0.05, 0) is 32.9 Å². The zero-order valence-corrected chi connectivity index (χ0v) is 15.6. The van der Waals surface area contributed by atoms with Crippen molar-refractivity contribution in [2.24, 2.45) is 4.99 Å². The zero-order valence-electron chi connectivity index (χ0n) is 14.8. The summed E-state index contributed by atoms with van der Waals surface area (Å²) in [6.45, 7) is 13.1. The van der Waals surface area contributed by atoms with Crippen molar-refractivity contribution in [3.63, 3.8) is 0 Å². The van der Waals surface area contributed by atoms with E-state index in [0.29, 0.717) is 5.17 Å². The number of pyridine rings is 1. The van der Waals surface area contributed by atoms with Gasteiger partial charge in [0, 0.05) is 6.33 Å². The number of hydrogen-bond acceptors (Lipinski definition) is 5. The van der Waals surface area contributed by atoms with Gasteiger partial charge in [0.15, 0.2) is 16.7 Å². The molecule has 0 aliphatic heterocycles. The van der Waals surface area contributed by atoms with Crippen molar-refractivity contribution < 1.29 is 15.3 Å². The first-order valence-electron chi connectivity index (χ1n) is 7.44. The third-order valence-corrected chi connectivity index (χ3v) is 3.55. The number of halogens is 1. The van der Waals surface area contributed by atoms with Crippen LogP contribution in [0.25, 0.3) is 0 Å². The molecule has 0 spiro atoms. The predicted octanol–water partition coefficient (Wildman–Crippen LogP) is 4.81. The highest BCUT2D eigenvalue weighted by Crippen LogP contribution is 2.24. The Morgan fingerprint density at radius 2 is 2.16 bits per heavy atom. The largest absolute Gasteiger partial charge is 0.464 e. The zero-order chi connectivity index (χ0) is 19.0. The van der Waals surface area contributed by atoms with Crippen LogP contribution in [0.5, 0.6) is 0 Å². The number of nitrogens with zero attached hydrogens (tertiary/aromatic N) is 2. The van der Waals surface area contributed by atoms with Crippen molar-refractivity contribution in [1.29, 1.82) is 0 Å². The molecule has 0 amide bonds. The highest BCUT2D eigenvalue weighted by atomic mass is 32.2. The normalized spacial score (nSPS) is 12.5. The smallest absolute Gasteiger partial charge is 0.356 e. The van der Waals surface area contributed by atoms with Gasteiger partial charge in [0.1, 0.15) is 0 Å². The van der Waals surface area contributed by atoms with E-state index in [4.69, 9.17) is 0 Å². The fourth-order valence-corrected chi connectivity index (χ4v) is 2.57. The Hall–Kier alpha value is -2.41. The molecule has 0 aliphatic rings. The number of nitrogens with one attached hydrogen (secondary N) is 1. The third kappa shape index (κ3) is 6.93. The molecule has 1 aromatic rings. The van der Waals surface area contributed by atoms with Gasteiger partial charge in [-0.15, -0.1) is 0 Å². The van der Waals surface area contributed by atoms with Gasteiger partial charge in [0.2, 0.25) is 0 Å². The topological polar surface area (TPSA) is 63.6 Å². The van der Waals surface area contributed by atoms with Gasteiger partial charge in [0.25, 0.3) is 0 Å². The number of carbonyl (C=O) groups is 1. The second kappa shape index (κ2) is 9.17. The van der Waals surface area contributed by atoms with E-state index in [1.165, 1.54) is 24.9 Å². The molecule has 0 bridgehead atoms. The maximum absolute atomic E-state index is 14.1. The van der Waals surface area contributed by atoms with E-state index in [2.05, 4.69) is 33.2 Å². The lowest BCUT2D eigenvalue weighted by Gasteiger charge is -2.17. The number of methoxy groups -OCH3 is 1. The summed E-state index contributed by atoms with van der Waals surface area (Å²) in [6, 6.07) is 1.28. The summed E-state index contributed by atoms with van der Waals surface area (Å²) in [6.07, 6.45) is 6.00. The summed E-state index contributed by atoms with van der Waals surface area (Å²) < 4.78 is 18.7. The number of aliphatic imine (C=N–C) groups is 1. The maximum Gasteiger partial charge on any atom is 0.356 e. The predicted molar refractivity (Wildman–Crippen MR) is 105 cm³/mol. The number of thioether (sulfide) groups is 1. The van der Waals surface area contributed by atoms with Crippen LogP contribution >= 0.6 is 11.8 Å². The first-order valence-corrected chi connectivity index (χ1v) is 8.25. The van der Waals surface area contributed by atoms with Crippen molar-refractivity contribution in [2.45, 2.75) is 26.3 Å². The monoisotopic (exact) mass is 365 g/mol. The molecule has 0 fully saturated rings. The Morgan fingerprint density at radius 1 is 1.48 bits per heavy atom. The van der Waals surface area contributed by atoms with Gasteiger partial charge in [-0.25, -0.2) is 14.2 Å². The molecule has 1 heterocycles. The maximum atomic E-state index is 14.1. The Bertz CT molecular complexity index is 728. The van der Waals surface area contributed by atoms with Gasteiger partial charge in [0.05, 0.1) is 24.5 Å². The summed E-state index contributed by atoms with van der Waals surface area (Å²) in [7, 11) is 1.24. The molecule has 0 saturated heterocycles. The Balaban J connectivity index is 0.00000625. The van der Waals surface area contributed by atoms with Crippen molar-refractivity contribution in [3.05, 3.63) is 60.1 Å². The van der Waals surface area contributed by atoms with Crippen LogP contribution < -0.4 is 5.32 Å². The lowest BCUT2D eigenvalue weighted by molar-refractivity contribution is 0.0594. The number of carbonyl (C=O) groups excluding carboxylic acids is 1. The summed E-state index contributed by atoms with van der Waals surface area (Å²) in [4.78, 5) is 20.7. The molecule has 1 rings (SSSR count). The van der Waals surface area contributed by atoms with Gasteiger partial charge < -0.3 is 10.1 Å². The molecule has 0 unspecified atom stereocenters. The number of ether oxygens (including phenoxy) is 1. The lowest BCUT2D eigenvalue weighted by Crippen LogP contribution is -2.19. The molecule has 25 heavy (non-hydrogen) atoms. The summed E-state index contributed by atoms with van der Waals surface area (Å²) >= 11 is 1.27. The van der Waals surface area contributed by atoms with Crippen LogP contribution in [0, 0.1) is 5.82 Å². The summed E-state index contributed by atoms with van der Waals surface area (Å²) in [5.41, 5.74) is -0.324. The average Bonchev–Trinajstić information content (AvgIpc) is 2.54. The Morgan fingerprint density at radius 3 is 2.68 bits per heavy atom. The third-order valence-electron chi connectivity index (χ3n) is 2.63. The number of amidine groups is 1. The van der Waals surface area contributed by atoms with E-state index in [9.17, 15) is 9.18 Å². The number of rotatable bonds is 5. The Labute approximate surface area is 153 Å². The lowest BCUT2D eigenvalue weighted by atomic mass is 10.1. The molecule has 0 aromatic carbocycles. The van der Waals surface area contributed by atoms with Gasteiger partial charge >= 0.3 is 5.97 Å². The standard InChI is InChI=1S/C18H22FN3O2S.H2/c1-7-9-12(8-2)25-17(22-18(3,4)5)21-14-10-15(16(23)24-6)20-11-13(14)19;/h7-11H,1-2H2,3-6H3,(H,20,21,22);1H/b12-9+;. The number of anilines is 1. The fourth-order valence-electron chi connectivity index (χ4n) is 1.62. The van der Waals surface area contributed by atoms with E-state index < -0.39 is 17.3 Å². The molecule has 1 aromatic heterocycles. The molecule has 1 N–H and O–H groups in total. The first-order chi connectivity index (χ1) is 11.7. The highest BCUT2D eigenvalue weighted by molar-refractivity contribution is 8.17. The van der Waals surface area contributed by atoms with Gasteiger partial charge in [-0.1, -0.05) is 37.1 Å². The fraction of sp³-hybridized carbons (Fsp3) is 0.278. The van der Waals surface area contributed by atoms with E-state index in [1.807, 2.05) is 20.8 Å². The number of aromatic nitrogens is 1. The van der Waals surface area contributed by atoms with E-state index in [1.54, 1.807) is 18.2 Å². The molecule has 0 aliphatic carbocycles. The van der Waals surface area contributed by atoms with E-state index in [-0.39, 0.29) is 12.8 Å². The molecule has 5 nitrogen and oxygen atoms in total. The van der Waals surface area contributed by atoms with Crippen molar-refractivity contribution >= 4 is 28.6 Å². The average molecular weight is 365 g/mol. The van der Waals surface area contributed by atoms with Crippen LogP contribution in [-0.2, 0) is 4.74 Å². The first kappa shape index (κ1) is 20.6. The minimum absolute atomic E-state index is 0. The van der Waals surface area contributed by atoms with Gasteiger partial charge in [-0.2, -0.15) is 0 Å². The van der Waals surface area contributed by atoms with E-state index >= 15 is 0 Å². The van der Waals surface area contributed by atoms with Crippen LogP contribution in [0.15, 0.2) is 53.5 Å². The van der Waals surface area contributed by atoms with Crippen LogP contribution in [0.1, 0.15) is 32.7 Å². The van der Waals surface area contributed by atoms with Crippen LogP contribution in [0.2, 0.25) is 0 Å². The van der Waals surface area contributed by atoms with Crippen molar-refractivity contribution in [1.82, 2.24) is 4.98 Å². The minimum atomic E-state index is -0.650. The summed E-state index contributed by atoms with van der Waals surface area (Å²) in [5.74, 6) is -1.26. The molecule has 0 radical (unpaired) electrons. The van der Waals surface area contributed by atoms with Crippen LogP contribution in [-0.4, -0.2) is 28.8 Å². The van der Waals surface area contributed by atoms with Crippen LogP contribution in [0.4, 0.5) is 10.1 Å². The van der Waals surface area contributed by atoms with Gasteiger partial charge in [-0.3, -0.25) is 4.99 Å². The molecule has 136 valence electrons. The molecular weight excluding hydrogens is 341 g/mol. The number of allylic oxidation sites excluding steroid dienone is 3. The molecule has 0 saturated carbocycles. The van der Waals surface area contributed by atoms with Crippen LogP contribution in [0.3, 0.4) is 0 Å². The summed E-state index contributed by atoms with van der Waals surface area (Å²) in [5, 5.41) is 3.36. The molecular formula is C18H24FN3O2S. The van der Waals surface area contributed by atoms with Crippen molar-refractivity contribution in [2.75, 3.05) is 12.4 Å².